The number of aryl methyl sites for hydroxylation is 1. The average molecular weight is 275 g/mol. The van der Waals surface area contributed by atoms with Crippen LogP contribution in [0.3, 0.4) is 0 Å². The Hall–Kier alpha value is -1.39. The SMILES string of the molecule is CCCN(CC(=O)NCc1ccc(C)cc1)C1CNC1. The first-order valence-electron chi connectivity index (χ1n) is 7.46. The second-order valence-corrected chi connectivity index (χ2v) is 5.54. The zero-order valence-corrected chi connectivity index (χ0v) is 12.5. The van der Waals surface area contributed by atoms with Gasteiger partial charge in [-0.25, -0.2) is 0 Å². The standard InChI is InChI=1S/C16H25N3O/c1-3-8-19(15-10-17-11-15)12-16(20)18-9-14-6-4-13(2)5-7-14/h4-7,15,17H,3,8-12H2,1-2H3,(H,18,20). The minimum atomic E-state index is 0.117. The zero-order chi connectivity index (χ0) is 14.4. The average Bonchev–Trinajstić information content (AvgIpc) is 2.36. The molecule has 1 heterocycles. The van der Waals surface area contributed by atoms with Crippen molar-refractivity contribution in [3.63, 3.8) is 0 Å². The first kappa shape index (κ1) is 15.0. The lowest BCUT2D eigenvalue weighted by Crippen LogP contribution is -2.59. The van der Waals surface area contributed by atoms with Crippen LogP contribution in [0.1, 0.15) is 24.5 Å². The maximum absolute atomic E-state index is 12.0. The molecule has 2 N–H and O–H groups in total. The van der Waals surface area contributed by atoms with Gasteiger partial charge in [-0.05, 0) is 25.5 Å². The zero-order valence-electron chi connectivity index (χ0n) is 12.5. The highest BCUT2D eigenvalue weighted by Crippen LogP contribution is 2.06. The molecule has 0 atom stereocenters. The molecule has 0 saturated carbocycles. The van der Waals surface area contributed by atoms with Crippen LogP contribution in [0.4, 0.5) is 0 Å². The molecule has 4 heteroatoms. The Morgan fingerprint density at radius 3 is 2.60 bits per heavy atom. The molecule has 0 aliphatic carbocycles. The van der Waals surface area contributed by atoms with Crippen molar-refractivity contribution in [1.82, 2.24) is 15.5 Å². The summed E-state index contributed by atoms with van der Waals surface area (Å²) in [6.45, 7) is 8.34. The van der Waals surface area contributed by atoms with Crippen molar-refractivity contribution in [3.05, 3.63) is 35.4 Å². The fourth-order valence-electron chi connectivity index (χ4n) is 2.36. The summed E-state index contributed by atoms with van der Waals surface area (Å²) >= 11 is 0. The molecule has 1 aromatic rings. The van der Waals surface area contributed by atoms with Gasteiger partial charge in [0.15, 0.2) is 0 Å². The lowest BCUT2D eigenvalue weighted by atomic mass is 10.1. The van der Waals surface area contributed by atoms with Crippen LogP contribution < -0.4 is 10.6 Å². The van der Waals surface area contributed by atoms with Crippen LogP contribution in [0.15, 0.2) is 24.3 Å². The third-order valence-corrected chi connectivity index (χ3v) is 3.74. The van der Waals surface area contributed by atoms with E-state index in [1.165, 1.54) is 5.56 Å². The van der Waals surface area contributed by atoms with E-state index in [0.717, 1.165) is 31.6 Å². The Kier molecular flexibility index (Phi) is 5.56. The van der Waals surface area contributed by atoms with E-state index in [1.807, 2.05) is 0 Å². The van der Waals surface area contributed by atoms with Gasteiger partial charge in [0.2, 0.25) is 5.91 Å². The molecule has 1 fully saturated rings. The molecule has 1 aromatic carbocycles. The smallest absolute Gasteiger partial charge is 0.234 e. The Labute approximate surface area is 121 Å². The molecule has 0 radical (unpaired) electrons. The fourth-order valence-corrected chi connectivity index (χ4v) is 2.36. The van der Waals surface area contributed by atoms with Crippen molar-refractivity contribution in [3.8, 4) is 0 Å². The highest BCUT2D eigenvalue weighted by atomic mass is 16.2. The quantitative estimate of drug-likeness (QED) is 0.788. The van der Waals surface area contributed by atoms with Crippen molar-refractivity contribution in [1.29, 1.82) is 0 Å². The Bertz CT molecular complexity index is 426. The maximum Gasteiger partial charge on any atom is 0.234 e. The Morgan fingerprint density at radius 2 is 2.05 bits per heavy atom. The fraction of sp³-hybridized carbons (Fsp3) is 0.562. The van der Waals surface area contributed by atoms with Gasteiger partial charge < -0.3 is 10.6 Å². The third kappa shape index (κ3) is 4.32. The van der Waals surface area contributed by atoms with Crippen LogP contribution in [0, 0.1) is 6.92 Å². The summed E-state index contributed by atoms with van der Waals surface area (Å²) in [4.78, 5) is 14.3. The van der Waals surface area contributed by atoms with Gasteiger partial charge in [-0.15, -0.1) is 0 Å². The van der Waals surface area contributed by atoms with Crippen LogP contribution in [0.5, 0.6) is 0 Å². The van der Waals surface area contributed by atoms with Gasteiger partial charge in [0, 0.05) is 25.7 Å². The molecular formula is C16H25N3O. The summed E-state index contributed by atoms with van der Waals surface area (Å²) in [5, 5.41) is 6.27. The van der Waals surface area contributed by atoms with Crippen molar-refractivity contribution in [2.45, 2.75) is 32.9 Å². The molecular weight excluding hydrogens is 250 g/mol. The molecule has 0 spiro atoms. The molecule has 0 bridgehead atoms. The largest absolute Gasteiger partial charge is 0.351 e. The maximum atomic E-state index is 12.0. The molecule has 110 valence electrons. The molecule has 0 aromatic heterocycles. The number of hydrogen-bond donors (Lipinski definition) is 2. The number of carbonyl (C=O) groups is 1. The molecule has 1 saturated heterocycles. The van der Waals surface area contributed by atoms with Gasteiger partial charge >= 0.3 is 0 Å². The van der Waals surface area contributed by atoms with Gasteiger partial charge in [-0.2, -0.15) is 0 Å². The van der Waals surface area contributed by atoms with E-state index in [1.54, 1.807) is 0 Å². The number of nitrogens with zero attached hydrogens (tertiary/aromatic N) is 1. The van der Waals surface area contributed by atoms with E-state index in [9.17, 15) is 4.79 Å². The topological polar surface area (TPSA) is 44.4 Å². The second-order valence-electron chi connectivity index (χ2n) is 5.54. The van der Waals surface area contributed by atoms with Crippen LogP contribution in [-0.2, 0) is 11.3 Å². The van der Waals surface area contributed by atoms with Gasteiger partial charge in [-0.1, -0.05) is 36.8 Å². The van der Waals surface area contributed by atoms with E-state index < -0.39 is 0 Å². The van der Waals surface area contributed by atoms with E-state index in [2.05, 4.69) is 53.6 Å². The van der Waals surface area contributed by atoms with Crippen molar-refractivity contribution in [2.24, 2.45) is 0 Å². The van der Waals surface area contributed by atoms with E-state index in [-0.39, 0.29) is 5.91 Å². The number of nitrogens with one attached hydrogen (secondary N) is 2. The summed E-state index contributed by atoms with van der Waals surface area (Å²) in [5.41, 5.74) is 2.39. The van der Waals surface area contributed by atoms with E-state index in [0.29, 0.717) is 19.1 Å². The van der Waals surface area contributed by atoms with Gasteiger partial charge in [0.25, 0.3) is 0 Å². The molecule has 20 heavy (non-hydrogen) atoms. The number of hydrogen-bond acceptors (Lipinski definition) is 3. The number of rotatable bonds is 7. The van der Waals surface area contributed by atoms with Crippen molar-refractivity contribution >= 4 is 5.91 Å². The first-order valence-corrected chi connectivity index (χ1v) is 7.46. The van der Waals surface area contributed by atoms with Gasteiger partial charge in [0.1, 0.15) is 0 Å². The monoisotopic (exact) mass is 275 g/mol. The number of carbonyl (C=O) groups excluding carboxylic acids is 1. The lowest BCUT2D eigenvalue weighted by Gasteiger charge is -2.37. The first-order chi connectivity index (χ1) is 9.69. The third-order valence-electron chi connectivity index (χ3n) is 3.74. The molecule has 1 amide bonds. The summed E-state index contributed by atoms with van der Waals surface area (Å²) in [6, 6.07) is 8.81. The summed E-state index contributed by atoms with van der Waals surface area (Å²) in [7, 11) is 0. The molecule has 1 aliphatic heterocycles. The predicted molar refractivity (Wildman–Crippen MR) is 81.5 cm³/mol. The molecule has 4 nitrogen and oxygen atoms in total. The van der Waals surface area contributed by atoms with Crippen LogP contribution in [0.2, 0.25) is 0 Å². The predicted octanol–water partition coefficient (Wildman–Crippen LogP) is 1.30. The molecule has 0 unspecified atom stereocenters. The highest BCUT2D eigenvalue weighted by molar-refractivity contribution is 5.78. The minimum absolute atomic E-state index is 0.117. The Balaban J connectivity index is 1.77. The molecule has 1 aliphatic rings. The summed E-state index contributed by atoms with van der Waals surface area (Å²) in [5.74, 6) is 0.117. The lowest BCUT2D eigenvalue weighted by molar-refractivity contribution is -0.123. The summed E-state index contributed by atoms with van der Waals surface area (Å²) < 4.78 is 0. The second kappa shape index (κ2) is 7.41. The van der Waals surface area contributed by atoms with Gasteiger partial charge in [0.05, 0.1) is 6.54 Å². The van der Waals surface area contributed by atoms with Crippen molar-refractivity contribution in [2.75, 3.05) is 26.2 Å². The van der Waals surface area contributed by atoms with Crippen LogP contribution in [-0.4, -0.2) is 43.0 Å². The Morgan fingerprint density at radius 1 is 1.35 bits per heavy atom. The number of benzene rings is 1. The van der Waals surface area contributed by atoms with E-state index in [4.69, 9.17) is 0 Å². The number of amides is 1. The van der Waals surface area contributed by atoms with Crippen LogP contribution in [0.25, 0.3) is 0 Å². The summed E-state index contributed by atoms with van der Waals surface area (Å²) in [6.07, 6.45) is 1.09. The van der Waals surface area contributed by atoms with Gasteiger partial charge in [-0.3, -0.25) is 9.69 Å². The highest BCUT2D eigenvalue weighted by Gasteiger charge is 2.25. The molecule has 2 rings (SSSR count). The van der Waals surface area contributed by atoms with E-state index >= 15 is 0 Å². The van der Waals surface area contributed by atoms with Crippen molar-refractivity contribution < 1.29 is 4.79 Å². The normalized spacial score (nSPS) is 15.2. The minimum Gasteiger partial charge on any atom is -0.351 e. The van der Waals surface area contributed by atoms with Crippen LogP contribution >= 0.6 is 0 Å².